The normalized spacial score (nSPS) is 11.7. The highest BCUT2D eigenvalue weighted by molar-refractivity contribution is 6.26. The summed E-state index contributed by atoms with van der Waals surface area (Å²) in [5.41, 5.74) is 6.11. The molecule has 4 nitrogen and oxygen atoms in total. The number of benzene rings is 4. The predicted octanol–water partition coefficient (Wildman–Crippen LogP) is 7.29. The summed E-state index contributed by atoms with van der Waals surface area (Å²) in [5, 5.41) is 7.63. The zero-order valence-corrected chi connectivity index (χ0v) is 14.8. The first kappa shape index (κ1) is 15.2. The molecule has 2 aromatic heterocycles. The molecule has 0 aliphatic rings. The SMILES string of the molecule is O=Nc1ccccc1-c1ccc2[nH]c3ccc4oc5ccccc5c4c3c2c1. The molecule has 0 spiro atoms. The number of aromatic amines is 1. The van der Waals surface area contributed by atoms with Crippen LogP contribution in [0.15, 0.2) is 88.5 Å². The Bertz CT molecular complexity index is 1540. The van der Waals surface area contributed by atoms with Gasteiger partial charge in [0.15, 0.2) is 0 Å². The Morgan fingerprint density at radius 2 is 1.54 bits per heavy atom. The molecule has 0 amide bonds. The zero-order valence-electron chi connectivity index (χ0n) is 14.8. The van der Waals surface area contributed by atoms with Crippen molar-refractivity contribution in [2.24, 2.45) is 5.18 Å². The van der Waals surface area contributed by atoms with Gasteiger partial charge in [0.05, 0.1) is 0 Å². The molecule has 0 unspecified atom stereocenters. The lowest BCUT2D eigenvalue weighted by Gasteiger charge is -2.04. The zero-order chi connectivity index (χ0) is 18.7. The second-order valence-corrected chi connectivity index (χ2v) is 6.95. The van der Waals surface area contributed by atoms with Gasteiger partial charge in [-0.2, -0.15) is 0 Å². The Morgan fingerprint density at radius 3 is 2.46 bits per heavy atom. The minimum Gasteiger partial charge on any atom is -0.456 e. The monoisotopic (exact) mass is 362 g/mol. The van der Waals surface area contributed by atoms with Crippen LogP contribution >= 0.6 is 0 Å². The maximum atomic E-state index is 11.2. The van der Waals surface area contributed by atoms with Crippen molar-refractivity contribution < 1.29 is 4.42 Å². The van der Waals surface area contributed by atoms with Gasteiger partial charge in [0.2, 0.25) is 0 Å². The number of fused-ring (bicyclic) bond motifs is 7. The first-order chi connectivity index (χ1) is 13.8. The summed E-state index contributed by atoms with van der Waals surface area (Å²) in [6, 6.07) is 25.8. The first-order valence-corrected chi connectivity index (χ1v) is 9.12. The quantitative estimate of drug-likeness (QED) is 0.329. The maximum absolute atomic E-state index is 11.2. The third-order valence-electron chi connectivity index (χ3n) is 5.42. The number of H-pyrrole nitrogens is 1. The summed E-state index contributed by atoms with van der Waals surface area (Å²) in [6.07, 6.45) is 0. The molecular formula is C24H14N2O2. The molecule has 0 saturated carbocycles. The fourth-order valence-corrected chi connectivity index (χ4v) is 4.17. The van der Waals surface area contributed by atoms with E-state index >= 15 is 0 Å². The number of aromatic nitrogens is 1. The van der Waals surface area contributed by atoms with E-state index in [4.69, 9.17) is 4.42 Å². The molecule has 2 heterocycles. The van der Waals surface area contributed by atoms with Gasteiger partial charge in [-0.15, -0.1) is 4.91 Å². The van der Waals surface area contributed by atoms with Gasteiger partial charge in [-0.05, 0) is 47.1 Å². The third-order valence-corrected chi connectivity index (χ3v) is 5.42. The van der Waals surface area contributed by atoms with Crippen LogP contribution in [-0.4, -0.2) is 4.98 Å². The van der Waals surface area contributed by atoms with Gasteiger partial charge < -0.3 is 9.40 Å². The fraction of sp³-hybridized carbons (Fsp3) is 0. The molecule has 6 aromatic rings. The van der Waals surface area contributed by atoms with Gasteiger partial charge in [-0.1, -0.05) is 42.5 Å². The minimum atomic E-state index is 0.445. The maximum Gasteiger partial charge on any atom is 0.136 e. The van der Waals surface area contributed by atoms with Crippen molar-refractivity contribution in [1.82, 2.24) is 4.98 Å². The van der Waals surface area contributed by atoms with Gasteiger partial charge in [0.1, 0.15) is 16.9 Å². The summed E-state index contributed by atoms with van der Waals surface area (Å²) in [7, 11) is 0. The lowest BCUT2D eigenvalue weighted by atomic mass is 10.00. The largest absolute Gasteiger partial charge is 0.456 e. The van der Waals surface area contributed by atoms with Crippen molar-refractivity contribution in [2.75, 3.05) is 0 Å². The minimum absolute atomic E-state index is 0.445. The Hall–Kier alpha value is -3.92. The van der Waals surface area contributed by atoms with Gasteiger partial charge >= 0.3 is 0 Å². The van der Waals surface area contributed by atoms with E-state index < -0.39 is 0 Å². The van der Waals surface area contributed by atoms with E-state index in [0.29, 0.717) is 5.69 Å². The Balaban J connectivity index is 1.76. The third kappa shape index (κ3) is 2.00. The molecule has 0 saturated heterocycles. The molecule has 1 N–H and O–H groups in total. The molecule has 28 heavy (non-hydrogen) atoms. The molecule has 0 aliphatic heterocycles. The van der Waals surface area contributed by atoms with Gasteiger partial charge in [-0.25, -0.2) is 0 Å². The van der Waals surface area contributed by atoms with Gasteiger partial charge in [-0.3, -0.25) is 0 Å². The van der Waals surface area contributed by atoms with Crippen molar-refractivity contribution in [2.45, 2.75) is 0 Å². The topological polar surface area (TPSA) is 58.4 Å². The van der Waals surface area contributed by atoms with E-state index in [1.807, 2.05) is 48.5 Å². The Labute approximate surface area is 159 Å². The molecule has 4 heteroatoms. The smallest absolute Gasteiger partial charge is 0.136 e. The van der Waals surface area contributed by atoms with E-state index in [1.54, 1.807) is 6.07 Å². The predicted molar refractivity (Wildman–Crippen MR) is 114 cm³/mol. The first-order valence-electron chi connectivity index (χ1n) is 9.12. The highest BCUT2D eigenvalue weighted by Crippen LogP contribution is 2.40. The molecule has 0 bridgehead atoms. The van der Waals surface area contributed by atoms with Crippen LogP contribution in [0.3, 0.4) is 0 Å². The standard InChI is InChI=1S/C24H14N2O2/c27-26-19-7-3-1-5-15(19)14-9-10-18-17(13-14)23-20(25-18)11-12-22-24(23)16-6-2-4-8-21(16)28-22/h1-13,25H. The molecule has 6 rings (SSSR count). The molecule has 0 radical (unpaired) electrons. The van der Waals surface area contributed by atoms with Crippen LogP contribution in [0.1, 0.15) is 0 Å². The van der Waals surface area contributed by atoms with Crippen LogP contribution in [0, 0.1) is 4.91 Å². The summed E-state index contributed by atoms with van der Waals surface area (Å²) >= 11 is 0. The van der Waals surface area contributed by atoms with E-state index in [-0.39, 0.29) is 0 Å². The van der Waals surface area contributed by atoms with Crippen LogP contribution in [0.4, 0.5) is 5.69 Å². The summed E-state index contributed by atoms with van der Waals surface area (Å²) in [6.45, 7) is 0. The Kier molecular flexibility index (Phi) is 3.00. The van der Waals surface area contributed by atoms with E-state index in [0.717, 1.165) is 54.9 Å². The lowest BCUT2D eigenvalue weighted by Crippen LogP contribution is -1.79. The molecule has 0 fully saturated rings. The molecule has 0 aliphatic carbocycles. The molecule has 0 atom stereocenters. The average molecular weight is 362 g/mol. The number of para-hydroxylation sites is 1. The number of hydrogen-bond donors (Lipinski definition) is 1. The van der Waals surface area contributed by atoms with Gasteiger partial charge in [0.25, 0.3) is 0 Å². The molecule has 4 aromatic carbocycles. The summed E-state index contributed by atoms with van der Waals surface area (Å²) in [4.78, 5) is 14.7. The summed E-state index contributed by atoms with van der Waals surface area (Å²) in [5.74, 6) is 0. The number of nitroso groups, excluding NO2 is 1. The highest BCUT2D eigenvalue weighted by atomic mass is 16.3. The number of rotatable bonds is 2. The van der Waals surface area contributed by atoms with Crippen LogP contribution < -0.4 is 0 Å². The number of nitrogens with one attached hydrogen (secondary N) is 1. The van der Waals surface area contributed by atoms with Crippen molar-refractivity contribution in [3.8, 4) is 11.1 Å². The van der Waals surface area contributed by atoms with E-state index in [1.165, 1.54) is 0 Å². The van der Waals surface area contributed by atoms with Crippen LogP contribution in [0.25, 0.3) is 54.9 Å². The van der Waals surface area contributed by atoms with Crippen molar-refractivity contribution >= 4 is 49.4 Å². The van der Waals surface area contributed by atoms with Crippen LogP contribution in [0.5, 0.6) is 0 Å². The second kappa shape index (κ2) is 5.54. The van der Waals surface area contributed by atoms with E-state index in [9.17, 15) is 4.91 Å². The van der Waals surface area contributed by atoms with Crippen molar-refractivity contribution in [1.29, 1.82) is 0 Å². The Morgan fingerprint density at radius 1 is 0.714 bits per heavy atom. The number of furan rings is 1. The second-order valence-electron chi connectivity index (χ2n) is 6.95. The van der Waals surface area contributed by atoms with Crippen LogP contribution in [0.2, 0.25) is 0 Å². The average Bonchev–Trinajstić information content (AvgIpc) is 3.30. The molecular weight excluding hydrogens is 348 g/mol. The number of hydrogen-bond acceptors (Lipinski definition) is 3. The highest BCUT2D eigenvalue weighted by Gasteiger charge is 2.15. The lowest BCUT2D eigenvalue weighted by molar-refractivity contribution is 0.669. The number of nitrogens with zero attached hydrogens (tertiary/aromatic N) is 1. The van der Waals surface area contributed by atoms with Gasteiger partial charge in [0, 0.05) is 38.1 Å². The van der Waals surface area contributed by atoms with Crippen molar-refractivity contribution in [3.63, 3.8) is 0 Å². The van der Waals surface area contributed by atoms with Crippen molar-refractivity contribution in [3.05, 3.63) is 83.8 Å². The fourth-order valence-electron chi connectivity index (χ4n) is 4.17. The molecule has 132 valence electrons. The summed E-state index contributed by atoms with van der Waals surface area (Å²) < 4.78 is 6.06. The van der Waals surface area contributed by atoms with E-state index in [2.05, 4.69) is 34.4 Å². The van der Waals surface area contributed by atoms with Crippen LogP contribution in [-0.2, 0) is 0 Å².